The minimum absolute atomic E-state index is 0.308. The first-order chi connectivity index (χ1) is 9.00. The smallest absolute Gasteiger partial charge is 0.0368 e. The summed E-state index contributed by atoms with van der Waals surface area (Å²) >= 11 is 0. The highest BCUT2D eigenvalue weighted by atomic mass is 15.1. The van der Waals surface area contributed by atoms with Gasteiger partial charge in [0.1, 0.15) is 0 Å². The van der Waals surface area contributed by atoms with Crippen molar-refractivity contribution in [1.29, 1.82) is 0 Å². The Hall–Kier alpha value is -1.02. The Morgan fingerprint density at radius 3 is 2.63 bits per heavy atom. The van der Waals surface area contributed by atoms with Crippen molar-refractivity contribution in [1.82, 2.24) is 5.32 Å². The maximum absolute atomic E-state index is 3.66. The van der Waals surface area contributed by atoms with Gasteiger partial charge in [-0.15, -0.1) is 0 Å². The van der Waals surface area contributed by atoms with Gasteiger partial charge in [0.05, 0.1) is 0 Å². The van der Waals surface area contributed by atoms with Gasteiger partial charge in [-0.1, -0.05) is 26.0 Å². The Morgan fingerprint density at radius 2 is 2.05 bits per heavy atom. The minimum Gasteiger partial charge on any atom is -0.371 e. The molecule has 0 spiro atoms. The molecule has 0 saturated heterocycles. The van der Waals surface area contributed by atoms with E-state index >= 15 is 0 Å². The van der Waals surface area contributed by atoms with Gasteiger partial charge in [0, 0.05) is 31.4 Å². The van der Waals surface area contributed by atoms with E-state index in [4.69, 9.17) is 0 Å². The number of anilines is 1. The average molecular weight is 260 g/mol. The molecule has 106 valence electrons. The van der Waals surface area contributed by atoms with Gasteiger partial charge in [-0.25, -0.2) is 0 Å². The molecule has 0 bridgehead atoms. The lowest BCUT2D eigenvalue weighted by Gasteiger charge is -2.34. The van der Waals surface area contributed by atoms with E-state index in [1.807, 2.05) is 0 Å². The van der Waals surface area contributed by atoms with Crippen LogP contribution in [-0.4, -0.2) is 25.7 Å². The molecule has 1 N–H and O–H groups in total. The molecule has 0 aliphatic heterocycles. The fraction of sp³-hybridized carbons (Fsp3) is 0.647. The van der Waals surface area contributed by atoms with Crippen LogP contribution in [-0.2, 0) is 0 Å². The maximum Gasteiger partial charge on any atom is 0.0368 e. The second-order valence-corrected chi connectivity index (χ2v) is 6.67. The summed E-state index contributed by atoms with van der Waals surface area (Å²) in [5.41, 5.74) is 2.99. The molecule has 0 aromatic heterocycles. The number of nitrogens with zero attached hydrogens (tertiary/aromatic N) is 1. The van der Waals surface area contributed by atoms with E-state index in [0.717, 1.165) is 25.7 Å². The van der Waals surface area contributed by atoms with Gasteiger partial charge in [-0.2, -0.15) is 0 Å². The quantitative estimate of drug-likeness (QED) is 0.806. The van der Waals surface area contributed by atoms with Crippen molar-refractivity contribution in [2.75, 3.05) is 24.5 Å². The largest absolute Gasteiger partial charge is 0.371 e. The predicted molar refractivity (Wildman–Crippen MR) is 83.9 cm³/mol. The van der Waals surface area contributed by atoms with Crippen LogP contribution in [0.1, 0.15) is 39.2 Å². The number of nitrogens with one attached hydrogen (secondary N) is 1. The third kappa shape index (κ3) is 4.54. The van der Waals surface area contributed by atoms with Crippen molar-refractivity contribution in [3.8, 4) is 0 Å². The third-order valence-corrected chi connectivity index (χ3v) is 3.81. The Balaban J connectivity index is 1.96. The standard InChI is InChI=1S/C17H28N2/c1-5-19(16-8-6-7-14(2)11-16)13-17(3,4)12-18-15-9-10-15/h6-8,11,15,18H,5,9-10,12-13H2,1-4H3. The summed E-state index contributed by atoms with van der Waals surface area (Å²) in [6.07, 6.45) is 2.73. The van der Waals surface area contributed by atoms with Crippen molar-refractivity contribution in [2.24, 2.45) is 5.41 Å². The highest BCUT2D eigenvalue weighted by molar-refractivity contribution is 5.48. The fourth-order valence-electron chi connectivity index (χ4n) is 2.49. The molecule has 1 saturated carbocycles. The van der Waals surface area contributed by atoms with Gasteiger partial charge in [-0.05, 0) is 49.8 Å². The molecule has 0 radical (unpaired) electrons. The van der Waals surface area contributed by atoms with Crippen LogP contribution in [0.3, 0.4) is 0 Å². The summed E-state index contributed by atoms with van der Waals surface area (Å²) in [6.45, 7) is 12.4. The monoisotopic (exact) mass is 260 g/mol. The zero-order chi connectivity index (χ0) is 13.9. The normalized spacial score (nSPS) is 15.6. The Morgan fingerprint density at radius 1 is 1.32 bits per heavy atom. The van der Waals surface area contributed by atoms with Gasteiger partial charge in [-0.3, -0.25) is 0 Å². The predicted octanol–water partition coefficient (Wildman–Crippen LogP) is 3.60. The summed E-state index contributed by atoms with van der Waals surface area (Å²) in [5, 5.41) is 3.66. The Bertz CT molecular complexity index is 407. The molecular weight excluding hydrogens is 232 g/mol. The Kier molecular flexibility index (Phi) is 4.51. The van der Waals surface area contributed by atoms with Gasteiger partial charge < -0.3 is 10.2 Å². The molecule has 0 heterocycles. The summed E-state index contributed by atoms with van der Waals surface area (Å²) in [4.78, 5) is 2.49. The number of hydrogen-bond donors (Lipinski definition) is 1. The number of aryl methyl sites for hydroxylation is 1. The average Bonchev–Trinajstić information content (AvgIpc) is 3.18. The van der Waals surface area contributed by atoms with Crippen LogP contribution in [0.25, 0.3) is 0 Å². The van der Waals surface area contributed by atoms with Gasteiger partial charge in [0.2, 0.25) is 0 Å². The fourth-order valence-corrected chi connectivity index (χ4v) is 2.49. The molecule has 1 aromatic carbocycles. The lowest BCUT2D eigenvalue weighted by atomic mass is 9.92. The topological polar surface area (TPSA) is 15.3 Å². The molecule has 2 heteroatoms. The number of benzene rings is 1. The van der Waals surface area contributed by atoms with E-state index in [-0.39, 0.29) is 0 Å². The summed E-state index contributed by atoms with van der Waals surface area (Å²) in [6, 6.07) is 9.63. The second-order valence-electron chi connectivity index (χ2n) is 6.67. The van der Waals surface area contributed by atoms with Gasteiger partial charge in [0.25, 0.3) is 0 Å². The molecule has 0 unspecified atom stereocenters. The molecule has 1 aromatic rings. The minimum atomic E-state index is 0.308. The SMILES string of the molecule is CCN(CC(C)(C)CNC1CC1)c1cccc(C)c1. The van der Waals surface area contributed by atoms with Crippen LogP contribution < -0.4 is 10.2 Å². The molecule has 1 fully saturated rings. The zero-order valence-electron chi connectivity index (χ0n) is 12.9. The second kappa shape index (κ2) is 5.96. The lowest BCUT2D eigenvalue weighted by Crippen LogP contribution is -2.41. The molecular formula is C17H28N2. The van der Waals surface area contributed by atoms with Crippen LogP contribution in [0, 0.1) is 12.3 Å². The highest BCUT2D eigenvalue weighted by Gasteiger charge is 2.26. The Labute approximate surface area is 118 Å². The van der Waals surface area contributed by atoms with E-state index in [2.05, 4.69) is 62.2 Å². The third-order valence-electron chi connectivity index (χ3n) is 3.81. The van der Waals surface area contributed by atoms with E-state index in [9.17, 15) is 0 Å². The van der Waals surface area contributed by atoms with Crippen molar-refractivity contribution < 1.29 is 0 Å². The van der Waals surface area contributed by atoms with Crippen molar-refractivity contribution in [3.63, 3.8) is 0 Å². The van der Waals surface area contributed by atoms with E-state index in [1.165, 1.54) is 24.1 Å². The van der Waals surface area contributed by atoms with Crippen LogP contribution in [0.15, 0.2) is 24.3 Å². The molecule has 2 rings (SSSR count). The first kappa shape index (κ1) is 14.4. The summed E-state index contributed by atoms with van der Waals surface area (Å²) in [7, 11) is 0. The number of rotatable bonds is 7. The van der Waals surface area contributed by atoms with E-state index in [0.29, 0.717) is 5.41 Å². The highest BCUT2D eigenvalue weighted by Crippen LogP contribution is 2.25. The molecule has 1 aliphatic carbocycles. The van der Waals surface area contributed by atoms with Crippen molar-refractivity contribution in [2.45, 2.75) is 46.6 Å². The molecule has 0 atom stereocenters. The first-order valence-electron chi connectivity index (χ1n) is 7.55. The van der Waals surface area contributed by atoms with Crippen LogP contribution in [0.5, 0.6) is 0 Å². The van der Waals surface area contributed by atoms with E-state index in [1.54, 1.807) is 0 Å². The van der Waals surface area contributed by atoms with Crippen LogP contribution in [0.4, 0.5) is 5.69 Å². The first-order valence-corrected chi connectivity index (χ1v) is 7.55. The molecule has 19 heavy (non-hydrogen) atoms. The van der Waals surface area contributed by atoms with Crippen molar-refractivity contribution >= 4 is 5.69 Å². The molecule has 2 nitrogen and oxygen atoms in total. The van der Waals surface area contributed by atoms with Crippen LogP contribution >= 0.6 is 0 Å². The van der Waals surface area contributed by atoms with Gasteiger partial charge >= 0.3 is 0 Å². The molecule has 0 amide bonds. The number of hydrogen-bond acceptors (Lipinski definition) is 2. The summed E-state index contributed by atoms with van der Waals surface area (Å²) < 4.78 is 0. The lowest BCUT2D eigenvalue weighted by molar-refractivity contribution is 0.341. The van der Waals surface area contributed by atoms with Gasteiger partial charge in [0.15, 0.2) is 0 Å². The zero-order valence-corrected chi connectivity index (χ0v) is 12.9. The van der Waals surface area contributed by atoms with E-state index < -0.39 is 0 Å². The van der Waals surface area contributed by atoms with Crippen molar-refractivity contribution in [3.05, 3.63) is 29.8 Å². The summed E-state index contributed by atoms with van der Waals surface area (Å²) in [5.74, 6) is 0. The molecule has 1 aliphatic rings. The maximum atomic E-state index is 3.66. The van der Waals surface area contributed by atoms with Crippen LogP contribution in [0.2, 0.25) is 0 Å².